The molecule has 2 saturated carbocycles. The zero-order valence-electron chi connectivity index (χ0n) is 19.8. The van der Waals surface area contributed by atoms with Gasteiger partial charge in [-0.05, 0) is 59.8 Å². The first-order valence-electron chi connectivity index (χ1n) is 12.5. The Morgan fingerprint density at radius 1 is 1.00 bits per heavy atom. The Labute approximate surface area is 204 Å². The first-order chi connectivity index (χ1) is 16.9. The number of hydrogen-bond acceptors (Lipinski definition) is 4. The van der Waals surface area contributed by atoms with Crippen LogP contribution >= 0.6 is 0 Å². The summed E-state index contributed by atoms with van der Waals surface area (Å²) in [6, 6.07) is 16.4. The van der Waals surface area contributed by atoms with E-state index >= 15 is 0 Å². The highest BCUT2D eigenvalue weighted by Gasteiger charge is 2.61. The van der Waals surface area contributed by atoms with Crippen LogP contribution in [0.3, 0.4) is 0 Å². The molecular formula is C28H30N2O5. The number of likely N-dealkylation sites (tertiary alicyclic amines) is 1. The number of fused-ring (bicyclic) bond motifs is 4. The molecule has 2 aromatic rings. The lowest BCUT2D eigenvalue weighted by atomic mass is 9.91. The van der Waals surface area contributed by atoms with Crippen LogP contribution in [0.25, 0.3) is 11.1 Å². The fraction of sp³-hybridized carbons (Fsp3) is 0.464. The van der Waals surface area contributed by atoms with Crippen LogP contribution < -0.4 is 5.32 Å². The van der Waals surface area contributed by atoms with Crippen molar-refractivity contribution in [2.45, 2.75) is 37.6 Å². The van der Waals surface area contributed by atoms with Crippen molar-refractivity contribution in [1.29, 1.82) is 0 Å². The van der Waals surface area contributed by atoms with Crippen LogP contribution in [0.1, 0.15) is 43.2 Å². The second kappa shape index (κ2) is 8.11. The van der Waals surface area contributed by atoms with Crippen LogP contribution in [-0.4, -0.2) is 53.2 Å². The molecule has 182 valence electrons. The molecule has 1 aliphatic heterocycles. The van der Waals surface area contributed by atoms with E-state index in [1.165, 1.54) is 11.1 Å². The second-order valence-corrected chi connectivity index (χ2v) is 10.8. The molecule has 2 amide bonds. The predicted octanol–water partition coefficient (Wildman–Crippen LogP) is 3.87. The van der Waals surface area contributed by atoms with E-state index in [4.69, 9.17) is 4.74 Å². The predicted molar refractivity (Wildman–Crippen MR) is 129 cm³/mol. The average Bonchev–Trinajstić information content (AvgIpc) is 3.74. The van der Waals surface area contributed by atoms with Gasteiger partial charge in [-0.1, -0.05) is 48.5 Å². The Morgan fingerprint density at radius 2 is 1.57 bits per heavy atom. The van der Waals surface area contributed by atoms with Crippen LogP contribution in [0.4, 0.5) is 4.79 Å². The number of aliphatic carboxylic acids is 1. The summed E-state index contributed by atoms with van der Waals surface area (Å²) in [6.45, 7) is 3.18. The number of alkyl carbamates (subject to hydrolysis) is 1. The van der Waals surface area contributed by atoms with Gasteiger partial charge in [0.05, 0.1) is 17.9 Å². The van der Waals surface area contributed by atoms with Gasteiger partial charge in [0, 0.05) is 19.0 Å². The third kappa shape index (κ3) is 3.87. The first kappa shape index (κ1) is 22.1. The zero-order valence-corrected chi connectivity index (χ0v) is 19.8. The summed E-state index contributed by atoms with van der Waals surface area (Å²) in [5.74, 6) is -0.678. The maximum Gasteiger partial charge on any atom is 0.407 e. The third-order valence-corrected chi connectivity index (χ3v) is 8.56. The number of benzene rings is 2. The molecule has 2 N–H and O–H groups in total. The molecular weight excluding hydrogens is 444 g/mol. The topological polar surface area (TPSA) is 95.9 Å². The van der Waals surface area contributed by atoms with Crippen molar-refractivity contribution in [2.75, 3.05) is 19.7 Å². The van der Waals surface area contributed by atoms with E-state index < -0.39 is 17.6 Å². The van der Waals surface area contributed by atoms with Gasteiger partial charge in [-0.25, -0.2) is 4.79 Å². The molecule has 2 aromatic carbocycles. The highest BCUT2D eigenvalue weighted by molar-refractivity contribution is 5.82. The normalized spacial score (nSPS) is 25.7. The molecule has 7 heteroatoms. The maximum atomic E-state index is 13.0. The lowest BCUT2D eigenvalue weighted by molar-refractivity contribution is -0.141. The first-order valence-corrected chi connectivity index (χ1v) is 12.5. The van der Waals surface area contributed by atoms with Crippen LogP contribution in [0.2, 0.25) is 0 Å². The summed E-state index contributed by atoms with van der Waals surface area (Å²) < 4.78 is 5.74. The summed E-state index contributed by atoms with van der Waals surface area (Å²) >= 11 is 0. The van der Waals surface area contributed by atoms with E-state index in [0.717, 1.165) is 24.0 Å². The van der Waals surface area contributed by atoms with Gasteiger partial charge in [0.15, 0.2) is 0 Å². The molecule has 0 radical (unpaired) electrons. The Morgan fingerprint density at radius 3 is 2.11 bits per heavy atom. The largest absolute Gasteiger partial charge is 0.481 e. The Kier molecular flexibility index (Phi) is 5.13. The second-order valence-electron chi connectivity index (χ2n) is 10.8. The van der Waals surface area contributed by atoms with Crippen molar-refractivity contribution in [3.63, 3.8) is 0 Å². The molecule has 6 rings (SSSR count). The quantitative estimate of drug-likeness (QED) is 0.635. The summed E-state index contributed by atoms with van der Waals surface area (Å²) in [5.41, 5.74) is 4.01. The van der Waals surface area contributed by atoms with Gasteiger partial charge in [0.1, 0.15) is 6.61 Å². The number of amides is 2. The van der Waals surface area contributed by atoms with Gasteiger partial charge in [-0.3, -0.25) is 9.59 Å². The van der Waals surface area contributed by atoms with E-state index in [2.05, 4.69) is 29.6 Å². The number of ether oxygens (including phenoxy) is 1. The molecule has 7 nitrogen and oxygen atoms in total. The van der Waals surface area contributed by atoms with Crippen molar-refractivity contribution >= 4 is 18.0 Å². The summed E-state index contributed by atoms with van der Waals surface area (Å²) in [5, 5.41) is 12.3. The smallest absolute Gasteiger partial charge is 0.407 e. The lowest BCUT2D eigenvalue weighted by Gasteiger charge is -2.32. The number of hydrogen-bond donors (Lipinski definition) is 2. The summed E-state index contributed by atoms with van der Waals surface area (Å²) in [6.07, 6.45) is 1.66. The molecule has 4 aliphatic rings. The van der Waals surface area contributed by atoms with Crippen molar-refractivity contribution in [1.82, 2.24) is 10.2 Å². The van der Waals surface area contributed by atoms with E-state index in [9.17, 15) is 19.5 Å². The van der Waals surface area contributed by atoms with Crippen molar-refractivity contribution in [2.24, 2.45) is 23.7 Å². The number of nitrogens with one attached hydrogen (secondary N) is 1. The van der Waals surface area contributed by atoms with Gasteiger partial charge < -0.3 is 20.1 Å². The highest BCUT2D eigenvalue weighted by Crippen LogP contribution is 2.52. The molecule has 0 bridgehead atoms. The standard InChI is InChI=1S/C28H30N2O5/c1-28(16-10-11-16,12-24(31)30-13-21-22(14-30)25(21)26(32)33)29-27(34)35-15-23-19-8-4-2-6-17(19)18-7-3-5-9-20(18)23/h2-9,16,21-23,25H,10-15H2,1H3,(H,29,34)(H,32,33). The zero-order chi connectivity index (χ0) is 24.3. The van der Waals surface area contributed by atoms with Gasteiger partial charge in [-0.15, -0.1) is 0 Å². The molecule has 1 heterocycles. The minimum Gasteiger partial charge on any atom is -0.481 e. The summed E-state index contributed by atoms with van der Waals surface area (Å²) in [7, 11) is 0. The third-order valence-electron chi connectivity index (χ3n) is 8.56. The molecule has 35 heavy (non-hydrogen) atoms. The fourth-order valence-corrected chi connectivity index (χ4v) is 6.40. The van der Waals surface area contributed by atoms with Gasteiger partial charge in [-0.2, -0.15) is 0 Å². The van der Waals surface area contributed by atoms with Crippen LogP contribution in [0.15, 0.2) is 48.5 Å². The highest BCUT2D eigenvalue weighted by atomic mass is 16.5. The molecule has 1 saturated heterocycles. The monoisotopic (exact) mass is 474 g/mol. The fourth-order valence-electron chi connectivity index (χ4n) is 6.40. The molecule has 3 atom stereocenters. The number of rotatable bonds is 7. The van der Waals surface area contributed by atoms with E-state index in [1.807, 2.05) is 31.2 Å². The van der Waals surface area contributed by atoms with Crippen LogP contribution in [0.5, 0.6) is 0 Å². The molecule has 3 aliphatic carbocycles. The number of carboxylic acid groups (broad SMARTS) is 1. The van der Waals surface area contributed by atoms with Crippen molar-refractivity contribution < 1.29 is 24.2 Å². The lowest BCUT2D eigenvalue weighted by Crippen LogP contribution is -2.51. The molecule has 3 fully saturated rings. The van der Waals surface area contributed by atoms with Gasteiger partial charge >= 0.3 is 12.1 Å². The van der Waals surface area contributed by atoms with E-state index in [-0.39, 0.29) is 48.5 Å². The number of carboxylic acids is 1. The molecule has 3 unspecified atom stereocenters. The SMILES string of the molecule is CC(CC(=O)N1CC2C(C1)C2C(=O)O)(NC(=O)OCC1c2ccccc2-c2ccccc21)C1CC1. The van der Waals surface area contributed by atoms with Gasteiger partial charge in [0.2, 0.25) is 5.91 Å². The number of carbonyl (C=O) groups is 3. The minimum atomic E-state index is -0.758. The van der Waals surface area contributed by atoms with Crippen molar-refractivity contribution in [3.8, 4) is 11.1 Å². The Hall–Kier alpha value is -3.35. The van der Waals surface area contributed by atoms with E-state index in [0.29, 0.717) is 13.1 Å². The van der Waals surface area contributed by atoms with E-state index in [1.54, 1.807) is 4.90 Å². The van der Waals surface area contributed by atoms with Crippen LogP contribution in [-0.2, 0) is 14.3 Å². The molecule has 0 spiro atoms. The maximum absolute atomic E-state index is 13.0. The minimum absolute atomic E-state index is 0.0135. The Bertz CT molecular complexity index is 1150. The molecule has 0 aromatic heterocycles. The average molecular weight is 475 g/mol. The number of carbonyl (C=O) groups excluding carboxylic acids is 2. The van der Waals surface area contributed by atoms with Gasteiger partial charge in [0.25, 0.3) is 0 Å². The number of piperidine rings is 1. The summed E-state index contributed by atoms with van der Waals surface area (Å²) in [4.78, 5) is 39.0. The number of nitrogens with zero attached hydrogens (tertiary/aromatic N) is 1. The van der Waals surface area contributed by atoms with Crippen molar-refractivity contribution in [3.05, 3.63) is 59.7 Å². The Balaban J connectivity index is 1.09. The van der Waals surface area contributed by atoms with Crippen LogP contribution in [0, 0.1) is 23.7 Å².